The molecule has 0 spiro atoms. The molecule has 116 valence electrons. The lowest BCUT2D eigenvalue weighted by Crippen LogP contribution is -2.13. The van der Waals surface area contributed by atoms with Gasteiger partial charge in [0.1, 0.15) is 0 Å². The average molecular weight is 346 g/mol. The number of aromatic amines is 1. The van der Waals surface area contributed by atoms with Crippen LogP contribution in [0.5, 0.6) is 0 Å². The molecule has 23 heavy (non-hydrogen) atoms. The van der Waals surface area contributed by atoms with Crippen LogP contribution in [0.3, 0.4) is 0 Å². The van der Waals surface area contributed by atoms with Crippen LogP contribution < -0.4 is 4.72 Å². The zero-order valence-corrected chi connectivity index (χ0v) is 13.7. The standard InChI is InChI=1S/C16H12ClN3O2S/c1-10-9-19-16-14(6-5-13(17)15(10)16)20-23(21,22)12-4-2-3-11(7-12)8-18/h2-7,9,19-20H,1H3. The third-order valence-electron chi connectivity index (χ3n) is 3.50. The number of halogens is 1. The SMILES string of the molecule is Cc1c[nH]c2c(NS(=O)(=O)c3cccc(C#N)c3)ccc(Cl)c12. The van der Waals surface area contributed by atoms with Crippen molar-refractivity contribution in [1.29, 1.82) is 5.26 Å². The van der Waals surface area contributed by atoms with E-state index in [1.165, 1.54) is 18.2 Å². The van der Waals surface area contributed by atoms with Gasteiger partial charge in [-0.15, -0.1) is 0 Å². The third kappa shape index (κ3) is 2.77. The van der Waals surface area contributed by atoms with E-state index in [4.69, 9.17) is 16.9 Å². The van der Waals surface area contributed by atoms with Crippen molar-refractivity contribution in [3.05, 3.63) is 58.7 Å². The fourth-order valence-corrected chi connectivity index (χ4v) is 3.81. The van der Waals surface area contributed by atoms with Crippen LogP contribution in [0.15, 0.2) is 47.5 Å². The summed E-state index contributed by atoms with van der Waals surface area (Å²) in [6.07, 6.45) is 1.77. The molecule has 0 aliphatic heterocycles. The molecule has 0 unspecified atom stereocenters. The summed E-state index contributed by atoms with van der Waals surface area (Å²) in [6.45, 7) is 1.89. The van der Waals surface area contributed by atoms with Gasteiger partial charge in [0.05, 0.1) is 32.8 Å². The maximum atomic E-state index is 12.5. The molecule has 0 radical (unpaired) electrons. The van der Waals surface area contributed by atoms with Gasteiger partial charge in [-0.1, -0.05) is 17.7 Å². The zero-order chi connectivity index (χ0) is 16.6. The largest absolute Gasteiger partial charge is 0.359 e. The molecule has 5 nitrogen and oxygen atoms in total. The van der Waals surface area contributed by atoms with Crippen LogP contribution in [0.4, 0.5) is 5.69 Å². The quantitative estimate of drug-likeness (QED) is 0.757. The van der Waals surface area contributed by atoms with Gasteiger partial charge in [0, 0.05) is 11.6 Å². The smallest absolute Gasteiger partial charge is 0.262 e. The number of nitriles is 1. The highest BCUT2D eigenvalue weighted by molar-refractivity contribution is 7.92. The van der Waals surface area contributed by atoms with Crippen molar-refractivity contribution in [3.63, 3.8) is 0 Å². The lowest BCUT2D eigenvalue weighted by atomic mass is 10.2. The molecule has 0 aliphatic carbocycles. The molecule has 3 rings (SSSR count). The van der Waals surface area contributed by atoms with Crippen LogP contribution >= 0.6 is 11.6 Å². The first-order valence-corrected chi connectivity index (χ1v) is 8.57. The number of nitrogens with one attached hydrogen (secondary N) is 2. The van der Waals surface area contributed by atoms with Gasteiger partial charge in [0.2, 0.25) is 0 Å². The van der Waals surface area contributed by atoms with E-state index in [0.29, 0.717) is 16.2 Å². The summed E-state index contributed by atoms with van der Waals surface area (Å²) < 4.78 is 27.6. The number of aromatic nitrogens is 1. The fourth-order valence-electron chi connectivity index (χ4n) is 2.39. The van der Waals surface area contributed by atoms with Crippen molar-refractivity contribution in [1.82, 2.24) is 4.98 Å². The number of hydrogen-bond donors (Lipinski definition) is 2. The molecule has 1 heterocycles. The number of sulfonamides is 1. The first kappa shape index (κ1) is 15.4. The topological polar surface area (TPSA) is 85.8 Å². The summed E-state index contributed by atoms with van der Waals surface area (Å²) >= 11 is 6.17. The highest BCUT2D eigenvalue weighted by atomic mass is 35.5. The normalized spacial score (nSPS) is 11.3. The molecule has 0 bridgehead atoms. The number of anilines is 1. The molecule has 2 N–H and O–H groups in total. The summed E-state index contributed by atoms with van der Waals surface area (Å²) in [7, 11) is -3.81. The molecule has 0 fully saturated rings. The van der Waals surface area contributed by atoms with Crippen molar-refractivity contribution in [2.75, 3.05) is 4.72 Å². The van der Waals surface area contributed by atoms with Crippen LogP contribution in [0.2, 0.25) is 5.02 Å². The monoisotopic (exact) mass is 345 g/mol. The third-order valence-corrected chi connectivity index (χ3v) is 5.18. The van der Waals surface area contributed by atoms with Crippen LogP contribution in [0.25, 0.3) is 10.9 Å². The van der Waals surface area contributed by atoms with Gasteiger partial charge in [-0.2, -0.15) is 5.26 Å². The second kappa shape index (κ2) is 5.61. The summed E-state index contributed by atoms with van der Waals surface area (Å²) in [5, 5.41) is 10.2. The van der Waals surface area contributed by atoms with E-state index in [1.54, 1.807) is 24.4 Å². The second-order valence-electron chi connectivity index (χ2n) is 5.06. The number of hydrogen-bond acceptors (Lipinski definition) is 3. The Bertz CT molecular complexity index is 1050. The number of nitrogens with zero attached hydrogens (tertiary/aromatic N) is 1. The van der Waals surface area contributed by atoms with Gasteiger partial charge in [0.25, 0.3) is 10.0 Å². The van der Waals surface area contributed by atoms with Crippen LogP contribution in [-0.2, 0) is 10.0 Å². The van der Waals surface area contributed by atoms with Gasteiger partial charge in [0.15, 0.2) is 0 Å². The predicted molar refractivity (Wildman–Crippen MR) is 90.0 cm³/mol. The highest BCUT2D eigenvalue weighted by Gasteiger charge is 2.18. The van der Waals surface area contributed by atoms with Crippen molar-refractivity contribution >= 4 is 38.2 Å². The molecule has 7 heteroatoms. The Kier molecular flexibility index (Phi) is 3.76. The average Bonchev–Trinajstić information content (AvgIpc) is 2.93. The Morgan fingerprint density at radius 1 is 1.26 bits per heavy atom. The molecule has 1 aromatic heterocycles. The van der Waals surface area contributed by atoms with Gasteiger partial charge < -0.3 is 4.98 Å². The maximum absolute atomic E-state index is 12.5. The fraction of sp³-hybridized carbons (Fsp3) is 0.0625. The highest BCUT2D eigenvalue weighted by Crippen LogP contribution is 2.32. The van der Waals surface area contributed by atoms with Gasteiger partial charge in [-0.25, -0.2) is 8.42 Å². The molecule has 0 amide bonds. The van der Waals surface area contributed by atoms with Crippen molar-refractivity contribution in [3.8, 4) is 6.07 Å². The zero-order valence-electron chi connectivity index (χ0n) is 12.1. The predicted octanol–water partition coefficient (Wildman–Crippen LogP) is 3.80. The molecule has 0 saturated heterocycles. The van der Waals surface area contributed by atoms with Crippen molar-refractivity contribution < 1.29 is 8.42 Å². The summed E-state index contributed by atoms with van der Waals surface area (Å²) in [5.74, 6) is 0. The van der Waals surface area contributed by atoms with Crippen LogP contribution in [0, 0.1) is 18.3 Å². The minimum Gasteiger partial charge on any atom is -0.359 e. The molecule has 3 aromatic rings. The van der Waals surface area contributed by atoms with E-state index >= 15 is 0 Å². The van der Waals surface area contributed by atoms with Crippen LogP contribution in [-0.4, -0.2) is 13.4 Å². The van der Waals surface area contributed by atoms with Gasteiger partial charge >= 0.3 is 0 Å². The number of H-pyrrole nitrogens is 1. The first-order chi connectivity index (χ1) is 10.9. The summed E-state index contributed by atoms with van der Waals surface area (Å²) in [4.78, 5) is 3.06. The minimum absolute atomic E-state index is 0.0305. The van der Waals surface area contributed by atoms with E-state index in [2.05, 4.69) is 9.71 Å². The van der Waals surface area contributed by atoms with E-state index in [0.717, 1.165) is 10.9 Å². The number of fused-ring (bicyclic) bond motifs is 1. The Balaban J connectivity index is 2.08. The van der Waals surface area contributed by atoms with E-state index < -0.39 is 10.0 Å². The number of rotatable bonds is 3. The van der Waals surface area contributed by atoms with E-state index in [9.17, 15) is 8.42 Å². The lowest BCUT2D eigenvalue weighted by molar-refractivity contribution is 0.601. The summed E-state index contributed by atoms with van der Waals surface area (Å²) in [6, 6.07) is 11.0. The second-order valence-corrected chi connectivity index (χ2v) is 7.15. The lowest BCUT2D eigenvalue weighted by Gasteiger charge is -2.10. The Hall–Kier alpha value is -2.49. The van der Waals surface area contributed by atoms with E-state index in [1.807, 2.05) is 13.0 Å². The number of aryl methyl sites for hydroxylation is 1. The molecule has 0 aliphatic rings. The molecular formula is C16H12ClN3O2S. The van der Waals surface area contributed by atoms with Gasteiger partial charge in [-0.05, 0) is 42.8 Å². The molecular weight excluding hydrogens is 334 g/mol. The van der Waals surface area contributed by atoms with Crippen LogP contribution in [0.1, 0.15) is 11.1 Å². The molecule has 0 saturated carbocycles. The molecule has 0 atom stereocenters. The first-order valence-electron chi connectivity index (χ1n) is 6.71. The Morgan fingerprint density at radius 3 is 2.78 bits per heavy atom. The Morgan fingerprint density at radius 2 is 2.04 bits per heavy atom. The van der Waals surface area contributed by atoms with Crippen molar-refractivity contribution in [2.45, 2.75) is 11.8 Å². The number of benzene rings is 2. The maximum Gasteiger partial charge on any atom is 0.262 e. The van der Waals surface area contributed by atoms with Gasteiger partial charge in [-0.3, -0.25) is 4.72 Å². The summed E-state index contributed by atoms with van der Waals surface area (Å²) in [5.41, 5.74) is 2.23. The van der Waals surface area contributed by atoms with E-state index in [-0.39, 0.29) is 10.5 Å². The van der Waals surface area contributed by atoms with Crippen molar-refractivity contribution in [2.24, 2.45) is 0 Å². The minimum atomic E-state index is -3.81. The Labute approximate surface area is 138 Å². The molecule has 2 aromatic carbocycles.